The molecule has 1 aromatic heterocycles. The second-order valence-corrected chi connectivity index (χ2v) is 22.9. The number of halogens is 4. The number of fused-ring (bicyclic) bond motifs is 4. The maximum atomic E-state index is 16.8. The van der Waals surface area contributed by atoms with Gasteiger partial charge in [0.2, 0.25) is 5.13 Å². The number of rotatable bonds is 35. The molecule has 1 aliphatic rings. The molecule has 1 fully saturated rings. The van der Waals surface area contributed by atoms with Crippen LogP contribution in [0.1, 0.15) is 119 Å². The first kappa shape index (κ1) is 64.4. The van der Waals surface area contributed by atoms with Crippen molar-refractivity contribution in [2.45, 2.75) is 103 Å². The number of unbranched alkanes of at least 4 members (excludes halogenated alkanes) is 9. The smallest absolute Gasteiger partial charge is 0.429 e. The Bertz CT molecular complexity index is 3680. The zero-order valence-corrected chi connectivity index (χ0v) is 50.9. The van der Waals surface area contributed by atoms with Crippen LogP contribution in [0.25, 0.3) is 42.9 Å². The topological polar surface area (TPSA) is 136 Å². The lowest BCUT2D eigenvalue weighted by molar-refractivity contribution is -0.187. The molecule has 1 aliphatic heterocycles. The number of aromatic nitrogens is 1. The van der Waals surface area contributed by atoms with E-state index in [1.807, 2.05) is 36.4 Å². The average molecular weight is 1230 g/mol. The van der Waals surface area contributed by atoms with Crippen molar-refractivity contribution < 1.29 is 65.0 Å². The van der Waals surface area contributed by atoms with E-state index in [9.17, 15) is 9.59 Å². The molecule has 0 atom stereocenters. The number of methoxy groups -OCH3 is 1. The normalized spacial score (nSPS) is 13.0. The van der Waals surface area contributed by atoms with Crippen LogP contribution < -0.4 is 28.7 Å². The Kier molecular flexibility index (Phi) is 22.9. The third kappa shape index (κ3) is 16.4. The second-order valence-electron chi connectivity index (χ2n) is 21.9. The van der Waals surface area contributed by atoms with Crippen LogP contribution in [0, 0.1) is 17.0 Å². The second kappa shape index (κ2) is 31.2. The molecule has 0 bridgehead atoms. The van der Waals surface area contributed by atoms with Gasteiger partial charge in [0, 0.05) is 51.9 Å². The van der Waals surface area contributed by atoms with Gasteiger partial charge in [-0.2, -0.15) is 13.9 Å². The van der Waals surface area contributed by atoms with Crippen LogP contribution >= 0.6 is 11.3 Å². The predicted octanol–water partition coefficient (Wildman–Crippen LogP) is 17.4. The molecule has 0 N–H and O–H groups in total. The largest absolute Gasteiger partial charge is 0.494 e. The molecular weight excluding hydrogens is 1150 g/mol. The number of esters is 2. The monoisotopic (exact) mass is 1230 g/mol. The van der Waals surface area contributed by atoms with E-state index in [1.165, 1.54) is 42.9 Å². The fourth-order valence-corrected chi connectivity index (χ4v) is 11.4. The van der Waals surface area contributed by atoms with Gasteiger partial charge in [-0.1, -0.05) is 137 Å². The summed E-state index contributed by atoms with van der Waals surface area (Å²) in [6.45, 7) is 12.1. The highest BCUT2D eigenvalue weighted by molar-refractivity contribution is 7.23. The maximum absolute atomic E-state index is 16.8. The first-order chi connectivity index (χ1) is 42.8. The van der Waals surface area contributed by atoms with Crippen LogP contribution in [0.15, 0.2) is 139 Å². The van der Waals surface area contributed by atoms with E-state index < -0.39 is 41.0 Å². The standard InChI is InChI=1S/C70H75F4N3O10S/c1-5-8-9-20-39-83-52-31-27-49(28-32-52)53-33-34-57(64(72)63(53)71)70(73,74)87-60-43-51(44-75-77(37-18-10-11-22-41-85-62(78)6-2)68-76-58-35-29-48-23-14-15-24-54(48)66(58)88-68)65(56-26-17-16-25-55(56)60)86-67(79)50-30-36-59(61(42-50)80-4)84-40-21-13-12-19-38-81-45-69(7-3)46-82-47-69/h6,14-17,23-36,42-44H,2,5,7-13,18-22,37-41,45-47H2,1,3-4H3/b75-44+. The van der Waals surface area contributed by atoms with E-state index in [0.717, 1.165) is 123 Å². The highest BCUT2D eigenvalue weighted by Crippen LogP contribution is 2.44. The van der Waals surface area contributed by atoms with Crippen molar-refractivity contribution in [3.8, 4) is 39.9 Å². The summed E-state index contributed by atoms with van der Waals surface area (Å²) < 4.78 is 113. The van der Waals surface area contributed by atoms with Gasteiger partial charge in [-0.25, -0.2) is 28.4 Å². The molecule has 8 aromatic rings. The molecule has 0 unspecified atom stereocenters. The minimum atomic E-state index is -4.45. The van der Waals surface area contributed by atoms with Crippen LogP contribution in [0.5, 0.6) is 28.7 Å². The van der Waals surface area contributed by atoms with E-state index >= 15 is 17.6 Å². The number of hydrazone groups is 1. The Hall–Kier alpha value is -8.06. The summed E-state index contributed by atoms with van der Waals surface area (Å²) in [5, 5.41) is 9.39. The van der Waals surface area contributed by atoms with E-state index in [4.69, 9.17) is 48.0 Å². The van der Waals surface area contributed by atoms with Crippen molar-refractivity contribution in [1.82, 2.24) is 4.98 Å². The minimum Gasteiger partial charge on any atom is -0.494 e. The molecule has 0 spiro atoms. The minimum absolute atomic E-state index is 0.0187. The molecule has 0 radical (unpaired) electrons. The molecule has 88 heavy (non-hydrogen) atoms. The Morgan fingerprint density at radius 3 is 2.17 bits per heavy atom. The van der Waals surface area contributed by atoms with Gasteiger partial charge in [-0.05, 0) is 111 Å². The molecule has 0 aliphatic carbocycles. The number of anilines is 1. The first-order valence-electron chi connectivity index (χ1n) is 30.3. The van der Waals surface area contributed by atoms with Crippen molar-refractivity contribution in [3.63, 3.8) is 0 Å². The molecule has 1 saturated heterocycles. The molecule has 464 valence electrons. The van der Waals surface area contributed by atoms with Gasteiger partial charge < -0.3 is 37.9 Å². The summed E-state index contributed by atoms with van der Waals surface area (Å²) in [5.74, 6) is -3.86. The molecular formula is C70H75F4N3O10S. The number of alkyl halides is 2. The third-order valence-electron chi connectivity index (χ3n) is 15.6. The maximum Gasteiger partial charge on any atom is 0.429 e. The van der Waals surface area contributed by atoms with Crippen molar-refractivity contribution in [2.24, 2.45) is 10.5 Å². The number of carbonyl (C=O) groups is 2. The van der Waals surface area contributed by atoms with Crippen molar-refractivity contribution in [3.05, 3.63) is 162 Å². The van der Waals surface area contributed by atoms with Gasteiger partial charge >= 0.3 is 18.0 Å². The SMILES string of the molecule is C=CC(=O)OCCCCCCN(/N=C/c1cc(OC(F)(F)c2ccc(-c3ccc(OCCCCCC)cc3)c(F)c2F)c2ccccc2c1OC(=O)c1ccc(OCCCCCCOCC2(CC)COC2)c(OC)c1)c1nc2ccc3ccccc3c2s1. The Morgan fingerprint density at radius 2 is 1.44 bits per heavy atom. The van der Waals surface area contributed by atoms with Gasteiger partial charge in [0.05, 0.1) is 68.7 Å². The first-order valence-corrected chi connectivity index (χ1v) is 31.1. The molecule has 9 rings (SSSR count). The fourth-order valence-electron chi connectivity index (χ4n) is 10.3. The van der Waals surface area contributed by atoms with Crippen molar-refractivity contribution >= 4 is 66.4 Å². The third-order valence-corrected chi connectivity index (χ3v) is 16.7. The van der Waals surface area contributed by atoms with Gasteiger partial charge in [0.1, 0.15) is 22.8 Å². The van der Waals surface area contributed by atoms with Crippen LogP contribution in [-0.4, -0.2) is 83.0 Å². The van der Waals surface area contributed by atoms with Gasteiger partial charge in [-0.15, -0.1) is 0 Å². The number of carbonyl (C=O) groups excluding carboxylic acids is 2. The highest BCUT2D eigenvalue weighted by Gasteiger charge is 2.41. The number of ether oxygens (including phenoxy) is 8. The summed E-state index contributed by atoms with van der Waals surface area (Å²) in [6.07, 6.45) is 9.45. The number of hydrogen-bond donors (Lipinski definition) is 0. The zero-order valence-electron chi connectivity index (χ0n) is 50.1. The zero-order chi connectivity index (χ0) is 61.9. The average Bonchev–Trinajstić information content (AvgIpc) is 1.76. The Labute approximate surface area is 515 Å². The molecule has 2 heterocycles. The van der Waals surface area contributed by atoms with E-state index in [2.05, 4.69) is 20.4 Å². The van der Waals surface area contributed by atoms with E-state index in [1.54, 1.807) is 59.6 Å². The van der Waals surface area contributed by atoms with Crippen molar-refractivity contribution in [2.75, 3.05) is 64.9 Å². The summed E-state index contributed by atoms with van der Waals surface area (Å²) >= 11 is 1.42. The lowest BCUT2D eigenvalue weighted by Gasteiger charge is -2.40. The Balaban J connectivity index is 1.00. The Morgan fingerprint density at radius 1 is 0.739 bits per heavy atom. The molecule has 18 heteroatoms. The van der Waals surface area contributed by atoms with Gasteiger partial charge in [0.25, 0.3) is 0 Å². The van der Waals surface area contributed by atoms with E-state index in [-0.39, 0.29) is 56.5 Å². The molecule has 0 saturated carbocycles. The fraction of sp³-hybridized carbons (Fsp3) is 0.371. The van der Waals surface area contributed by atoms with Gasteiger partial charge in [-0.3, -0.25) is 0 Å². The molecule has 13 nitrogen and oxygen atoms in total. The molecule has 7 aromatic carbocycles. The highest BCUT2D eigenvalue weighted by atomic mass is 32.1. The van der Waals surface area contributed by atoms with E-state index in [0.29, 0.717) is 62.4 Å². The number of benzene rings is 7. The van der Waals surface area contributed by atoms with Gasteiger partial charge in [0.15, 0.2) is 23.1 Å². The number of nitrogens with zero attached hydrogens (tertiary/aromatic N) is 3. The van der Waals surface area contributed by atoms with Crippen LogP contribution in [-0.2, 0) is 25.1 Å². The number of hydrogen-bond acceptors (Lipinski definition) is 14. The predicted molar refractivity (Wildman–Crippen MR) is 338 cm³/mol. The summed E-state index contributed by atoms with van der Waals surface area (Å²) in [7, 11) is 1.46. The van der Waals surface area contributed by atoms with Crippen LogP contribution in [0.2, 0.25) is 0 Å². The lowest BCUT2D eigenvalue weighted by Crippen LogP contribution is -2.45. The van der Waals surface area contributed by atoms with Crippen LogP contribution in [0.4, 0.5) is 22.7 Å². The van der Waals surface area contributed by atoms with Crippen molar-refractivity contribution in [1.29, 1.82) is 0 Å². The quantitative estimate of drug-likeness (QED) is 0.00711. The lowest BCUT2D eigenvalue weighted by atomic mass is 9.84. The summed E-state index contributed by atoms with van der Waals surface area (Å²) in [6, 6.07) is 32.3. The summed E-state index contributed by atoms with van der Waals surface area (Å²) in [5.41, 5.74) is -0.315. The summed E-state index contributed by atoms with van der Waals surface area (Å²) in [4.78, 5) is 31.1. The van der Waals surface area contributed by atoms with Crippen LogP contribution in [0.3, 0.4) is 0 Å². The number of thiazole rings is 1. The molecule has 0 amide bonds.